The lowest BCUT2D eigenvalue weighted by Crippen LogP contribution is -2.11. The lowest BCUT2D eigenvalue weighted by molar-refractivity contribution is -0.142. The number of H-pyrrole nitrogens is 1. The quantitative estimate of drug-likeness (QED) is 0.358. The van der Waals surface area contributed by atoms with Gasteiger partial charge in [-0.1, -0.05) is 0 Å². The summed E-state index contributed by atoms with van der Waals surface area (Å²) in [5.74, 6) is 0. The number of benzene rings is 1. The van der Waals surface area contributed by atoms with Crippen LogP contribution in [0.3, 0.4) is 0 Å². The van der Waals surface area contributed by atoms with Crippen LogP contribution in [-0.2, 0) is 18.8 Å². The van der Waals surface area contributed by atoms with E-state index in [1.54, 1.807) is 6.07 Å². The predicted molar refractivity (Wildman–Crippen MR) is 98.3 cm³/mol. The van der Waals surface area contributed by atoms with Gasteiger partial charge in [0.25, 0.3) is 0 Å². The summed E-state index contributed by atoms with van der Waals surface area (Å²) in [4.78, 5) is 3.52. The van der Waals surface area contributed by atoms with Crippen LogP contribution in [0.4, 0.5) is 26.3 Å². The molecular weight excluding hydrogens is 402 g/mol. The first kappa shape index (κ1) is 20.7. The van der Waals surface area contributed by atoms with E-state index in [1.807, 2.05) is 12.3 Å². The molecular formula is C19H18F6N2S. The van der Waals surface area contributed by atoms with Gasteiger partial charge < -0.3 is 10.7 Å². The van der Waals surface area contributed by atoms with Gasteiger partial charge in [-0.3, -0.25) is 0 Å². The van der Waals surface area contributed by atoms with Gasteiger partial charge in [-0.05, 0) is 67.4 Å². The van der Waals surface area contributed by atoms with Gasteiger partial charge in [-0.15, -0.1) is 11.3 Å². The number of unbranched alkanes of at least 4 members (excludes halogenated alkanes) is 1. The van der Waals surface area contributed by atoms with Crippen LogP contribution in [0.1, 0.15) is 35.1 Å². The number of halogens is 6. The summed E-state index contributed by atoms with van der Waals surface area (Å²) in [6.07, 6.45) is -8.35. The van der Waals surface area contributed by atoms with Crippen molar-refractivity contribution in [2.45, 2.75) is 38.5 Å². The van der Waals surface area contributed by atoms with Crippen molar-refractivity contribution < 1.29 is 26.3 Å². The largest absolute Gasteiger partial charge is 0.417 e. The number of nitrogens with one attached hydrogen (secondary N) is 1. The molecule has 152 valence electrons. The Labute approximate surface area is 161 Å². The molecule has 0 radical (unpaired) electrons. The summed E-state index contributed by atoms with van der Waals surface area (Å²) in [7, 11) is 0. The van der Waals surface area contributed by atoms with Gasteiger partial charge in [-0.25, -0.2) is 0 Å². The Morgan fingerprint density at radius 1 is 1.00 bits per heavy atom. The zero-order chi connectivity index (χ0) is 20.7. The van der Waals surface area contributed by atoms with Gasteiger partial charge in [0.2, 0.25) is 0 Å². The van der Waals surface area contributed by atoms with Crippen molar-refractivity contribution in [3.05, 3.63) is 45.8 Å². The van der Waals surface area contributed by atoms with Crippen LogP contribution < -0.4 is 5.73 Å². The summed E-state index contributed by atoms with van der Waals surface area (Å²) in [5.41, 5.74) is 4.49. The topological polar surface area (TPSA) is 41.8 Å². The minimum absolute atomic E-state index is 0.161. The summed E-state index contributed by atoms with van der Waals surface area (Å²) in [5, 5.41) is 1.65. The first-order valence-electron chi connectivity index (χ1n) is 8.61. The number of aromatic amines is 1. The fourth-order valence-electron chi connectivity index (χ4n) is 3.26. The monoisotopic (exact) mass is 420 g/mol. The van der Waals surface area contributed by atoms with Crippen LogP contribution in [0, 0.1) is 6.92 Å². The van der Waals surface area contributed by atoms with E-state index in [0.29, 0.717) is 35.5 Å². The molecule has 0 saturated heterocycles. The second kappa shape index (κ2) is 7.44. The van der Waals surface area contributed by atoms with Gasteiger partial charge >= 0.3 is 12.4 Å². The molecule has 0 unspecified atom stereocenters. The molecule has 3 aromatic rings. The van der Waals surface area contributed by atoms with Crippen molar-refractivity contribution in [1.82, 2.24) is 4.98 Å². The molecule has 0 aliphatic carbocycles. The van der Waals surface area contributed by atoms with Crippen molar-refractivity contribution in [2.75, 3.05) is 6.54 Å². The van der Waals surface area contributed by atoms with Crippen molar-refractivity contribution in [1.29, 1.82) is 0 Å². The molecule has 2 aromatic heterocycles. The van der Waals surface area contributed by atoms with Gasteiger partial charge in [0.15, 0.2) is 0 Å². The van der Waals surface area contributed by atoms with Crippen LogP contribution in [0.5, 0.6) is 0 Å². The molecule has 0 saturated carbocycles. The first-order chi connectivity index (χ1) is 13.0. The highest BCUT2D eigenvalue weighted by atomic mass is 32.1. The molecule has 3 N–H and O–H groups in total. The molecule has 0 aliphatic rings. The highest BCUT2D eigenvalue weighted by Crippen LogP contribution is 2.44. The van der Waals surface area contributed by atoms with Crippen LogP contribution >= 0.6 is 11.3 Å². The number of thiophene rings is 1. The van der Waals surface area contributed by atoms with Gasteiger partial charge in [0.05, 0.1) is 21.7 Å². The third-order valence-corrected chi connectivity index (χ3v) is 5.56. The highest BCUT2D eigenvalue weighted by molar-refractivity contribution is 7.13. The Kier molecular flexibility index (Phi) is 5.51. The normalized spacial score (nSPS) is 12.9. The average Bonchev–Trinajstić information content (AvgIpc) is 3.16. The van der Waals surface area contributed by atoms with E-state index in [9.17, 15) is 26.3 Å². The fraction of sp³-hybridized carbons (Fsp3) is 0.368. The summed E-state index contributed by atoms with van der Waals surface area (Å²) >= 11 is 1.33. The third kappa shape index (κ3) is 4.05. The van der Waals surface area contributed by atoms with Crippen molar-refractivity contribution in [3.8, 4) is 10.6 Å². The lowest BCUT2D eigenvalue weighted by Gasteiger charge is -2.14. The van der Waals surface area contributed by atoms with E-state index >= 15 is 0 Å². The zero-order valence-corrected chi connectivity index (χ0v) is 15.7. The lowest BCUT2D eigenvalue weighted by atomic mass is 9.97. The van der Waals surface area contributed by atoms with E-state index in [-0.39, 0.29) is 23.4 Å². The van der Waals surface area contributed by atoms with E-state index in [2.05, 4.69) is 4.98 Å². The minimum Gasteiger partial charge on any atom is -0.354 e. The Balaban J connectivity index is 2.32. The Morgan fingerprint density at radius 2 is 1.71 bits per heavy atom. The number of hydrogen-bond acceptors (Lipinski definition) is 2. The van der Waals surface area contributed by atoms with Crippen LogP contribution in [-0.4, -0.2) is 11.5 Å². The molecule has 2 nitrogen and oxygen atoms in total. The SMILES string of the molecule is Cc1csc(-c2[nH]c3cc(C(F)(F)F)cc(C(F)(F)F)c3c2CCCCN)c1. The number of fused-ring (bicyclic) bond motifs is 1. The molecule has 9 heteroatoms. The maximum absolute atomic E-state index is 13.7. The zero-order valence-electron chi connectivity index (χ0n) is 14.9. The second-order valence-electron chi connectivity index (χ2n) is 6.65. The molecule has 0 aliphatic heterocycles. The van der Waals surface area contributed by atoms with E-state index < -0.39 is 23.5 Å². The number of aryl methyl sites for hydroxylation is 2. The van der Waals surface area contributed by atoms with Gasteiger partial charge in [0, 0.05) is 10.9 Å². The van der Waals surface area contributed by atoms with Crippen molar-refractivity contribution in [2.24, 2.45) is 5.73 Å². The van der Waals surface area contributed by atoms with Crippen LogP contribution in [0.15, 0.2) is 23.6 Å². The Hall–Kier alpha value is -2.00. The van der Waals surface area contributed by atoms with E-state index in [1.165, 1.54) is 11.3 Å². The molecule has 28 heavy (non-hydrogen) atoms. The number of alkyl halides is 6. The number of aromatic nitrogens is 1. The predicted octanol–water partition coefficient (Wildman–Crippen LogP) is 6.52. The number of hydrogen-bond donors (Lipinski definition) is 2. The van der Waals surface area contributed by atoms with Gasteiger partial charge in [0.1, 0.15) is 0 Å². The Bertz CT molecular complexity index is 981. The van der Waals surface area contributed by atoms with E-state index in [4.69, 9.17) is 5.73 Å². The smallest absolute Gasteiger partial charge is 0.354 e. The molecule has 0 bridgehead atoms. The second-order valence-corrected chi connectivity index (χ2v) is 7.57. The molecule has 0 amide bonds. The standard InChI is InChI=1S/C19H18F6N2S/c1-10-6-15(28-9-10)17-12(4-2-3-5-26)16-13(19(23,24)25)7-11(18(20,21)22)8-14(16)27-17/h6-9,27H,2-5,26H2,1H3. The molecule has 3 rings (SSSR count). The molecule has 0 atom stereocenters. The molecule has 2 heterocycles. The highest BCUT2D eigenvalue weighted by Gasteiger charge is 2.39. The van der Waals surface area contributed by atoms with Gasteiger partial charge in [-0.2, -0.15) is 26.3 Å². The summed E-state index contributed by atoms with van der Waals surface area (Å²) in [6.45, 7) is 2.24. The molecule has 1 aromatic carbocycles. The van der Waals surface area contributed by atoms with Crippen molar-refractivity contribution >= 4 is 22.2 Å². The maximum Gasteiger partial charge on any atom is 0.417 e. The van der Waals surface area contributed by atoms with E-state index in [0.717, 1.165) is 11.6 Å². The number of rotatable bonds is 5. The molecule has 0 spiro atoms. The first-order valence-corrected chi connectivity index (χ1v) is 9.49. The van der Waals surface area contributed by atoms with Crippen LogP contribution in [0.25, 0.3) is 21.5 Å². The van der Waals surface area contributed by atoms with Crippen molar-refractivity contribution in [3.63, 3.8) is 0 Å². The fourth-order valence-corrected chi connectivity index (χ4v) is 4.18. The maximum atomic E-state index is 13.7. The summed E-state index contributed by atoms with van der Waals surface area (Å²) < 4.78 is 80.5. The summed E-state index contributed by atoms with van der Waals surface area (Å²) in [6, 6.07) is 2.76. The molecule has 0 fully saturated rings. The van der Waals surface area contributed by atoms with Crippen LogP contribution in [0.2, 0.25) is 0 Å². The third-order valence-electron chi connectivity index (χ3n) is 4.49. The average molecular weight is 420 g/mol. The minimum atomic E-state index is -4.91. The Morgan fingerprint density at radius 3 is 2.25 bits per heavy atom. The number of nitrogens with two attached hydrogens (primary N) is 1.